The number of fused-ring (bicyclic) bond motifs is 1. The number of aliphatic carboxylic acids is 1. The summed E-state index contributed by atoms with van der Waals surface area (Å²) in [6.07, 6.45) is 6.11. The van der Waals surface area contributed by atoms with E-state index in [0.29, 0.717) is 12.5 Å². The Hall–Kier alpha value is -3.22. The Kier molecular flexibility index (Phi) is 8.30. The van der Waals surface area contributed by atoms with Gasteiger partial charge in [-0.3, -0.25) is 9.59 Å². The van der Waals surface area contributed by atoms with Crippen LogP contribution in [0.15, 0.2) is 30.3 Å². The van der Waals surface area contributed by atoms with Crippen LogP contribution < -0.4 is 0 Å². The van der Waals surface area contributed by atoms with E-state index in [9.17, 15) is 14.7 Å². The van der Waals surface area contributed by atoms with Gasteiger partial charge in [0.15, 0.2) is 0 Å². The summed E-state index contributed by atoms with van der Waals surface area (Å²) in [6.45, 7) is 9.31. The maximum atomic E-state index is 12.6. The predicted octanol–water partition coefficient (Wildman–Crippen LogP) is 5.76. The van der Waals surface area contributed by atoms with Crippen molar-refractivity contribution >= 4 is 22.9 Å². The number of carbonyl (C=O) groups excluding carboxylic acids is 1. The highest BCUT2D eigenvalue weighted by Gasteiger charge is 2.25. The quantitative estimate of drug-likeness (QED) is 0.400. The van der Waals surface area contributed by atoms with E-state index in [0.717, 1.165) is 51.3 Å². The van der Waals surface area contributed by atoms with Gasteiger partial charge in [0.05, 0.1) is 11.9 Å². The van der Waals surface area contributed by atoms with Crippen LogP contribution in [0.1, 0.15) is 86.1 Å². The molecule has 4 rings (SSSR count). The Morgan fingerprint density at radius 3 is 2.46 bits per heavy atom. The number of nitrogens with zero attached hydrogens (tertiary/aromatic N) is 4. The van der Waals surface area contributed by atoms with Crippen LogP contribution in [0.3, 0.4) is 0 Å². The normalized spacial score (nSPS) is 18.6. The third-order valence-electron chi connectivity index (χ3n) is 8.44. The highest BCUT2D eigenvalue weighted by molar-refractivity contribution is 5.80. The molecule has 0 bridgehead atoms. The summed E-state index contributed by atoms with van der Waals surface area (Å²) in [4.78, 5) is 26.6. The SMILES string of the molecule is CCC1CCC(CN(Cc2cc(C(CC(=O)O)c3ccc4c(nnn4C)c3C)ccc2C)C(C)=O)CC1. The number of rotatable bonds is 9. The van der Waals surface area contributed by atoms with Crippen LogP contribution in [-0.2, 0) is 23.2 Å². The second-order valence-electron chi connectivity index (χ2n) is 10.9. The van der Waals surface area contributed by atoms with Gasteiger partial charge < -0.3 is 10.0 Å². The van der Waals surface area contributed by atoms with Gasteiger partial charge in [0.25, 0.3) is 0 Å². The first-order valence-corrected chi connectivity index (χ1v) is 13.5. The highest BCUT2D eigenvalue weighted by Crippen LogP contribution is 2.35. The third kappa shape index (κ3) is 6.03. The highest BCUT2D eigenvalue weighted by atomic mass is 16.4. The number of benzene rings is 2. The van der Waals surface area contributed by atoms with E-state index in [1.165, 1.54) is 32.1 Å². The lowest BCUT2D eigenvalue weighted by Crippen LogP contribution is -2.35. The van der Waals surface area contributed by atoms with Crippen LogP contribution in [0, 0.1) is 25.7 Å². The lowest BCUT2D eigenvalue weighted by molar-refractivity contribution is -0.137. The molecular weight excluding hydrogens is 464 g/mol. The van der Waals surface area contributed by atoms with Gasteiger partial charge >= 0.3 is 5.97 Å². The van der Waals surface area contributed by atoms with Crippen molar-refractivity contribution in [1.82, 2.24) is 19.9 Å². The van der Waals surface area contributed by atoms with Crippen molar-refractivity contribution in [2.45, 2.75) is 78.7 Å². The van der Waals surface area contributed by atoms with E-state index in [1.54, 1.807) is 11.6 Å². The molecule has 7 nitrogen and oxygen atoms in total. The van der Waals surface area contributed by atoms with E-state index < -0.39 is 5.97 Å². The minimum Gasteiger partial charge on any atom is -0.481 e. The Labute approximate surface area is 219 Å². The Balaban J connectivity index is 1.62. The number of carboxylic acids is 1. The molecule has 1 amide bonds. The largest absolute Gasteiger partial charge is 0.481 e. The first kappa shape index (κ1) is 26.8. The summed E-state index contributed by atoms with van der Waals surface area (Å²) < 4.78 is 1.73. The van der Waals surface area contributed by atoms with Gasteiger partial charge in [-0.15, -0.1) is 5.10 Å². The second kappa shape index (κ2) is 11.4. The minimum absolute atomic E-state index is 0.0216. The fraction of sp³-hybridized carbons (Fsp3) is 0.533. The monoisotopic (exact) mass is 504 g/mol. The molecule has 1 aliphatic rings. The minimum atomic E-state index is -0.848. The molecule has 0 saturated heterocycles. The van der Waals surface area contributed by atoms with Gasteiger partial charge in [0, 0.05) is 33.0 Å². The van der Waals surface area contributed by atoms with Gasteiger partial charge in [-0.2, -0.15) is 0 Å². The van der Waals surface area contributed by atoms with Gasteiger partial charge in [-0.1, -0.05) is 55.7 Å². The fourth-order valence-electron chi connectivity index (χ4n) is 5.93. The van der Waals surface area contributed by atoms with Crippen molar-refractivity contribution in [3.05, 3.63) is 58.1 Å². The van der Waals surface area contributed by atoms with Crippen molar-refractivity contribution in [2.24, 2.45) is 18.9 Å². The number of carboxylic acid groups (broad SMARTS) is 1. The van der Waals surface area contributed by atoms with Gasteiger partial charge in [-0.05, 0) is 72.4 Å². The van der Waals surface area contributed by atoms with Gasteiger partial charge in [0.2, 0.25) is 5.91 Å². The van der Waals surface area contributed by atoms with Crippen molar-refractivity contribution in [2.75, 3.05) is 6.54 Å². The average Bonchev–Trinajstić information content (AvgIpc) is 3.25. The zero-order valence-corrected chi connectivity index (χ0v) is 22.8. The predicted molar refractivity (Wildman–Crippen MR) is 145 cm³/mol. The summed E-state index contributed by atoms with van der Waals surface area (Å²) >= 11 is 0. The van der Waals surface area contributed by atoms with Crippen LogP contribution in [0.2, 0.25) is 0 Å². The zero-order valence-electron chi connectivity index (χ0n) is 22.8. The van der Waals surface area contributed by atoms with E-state index in [1.807, 2.05) is 37.1 Å². The third-order valence-corrected chi connectivity index (χ3v) is 8.44. The fourth-order valence-corrected chi connectivity index (χ4v) is 5.93. The maximum Gasteiger partial charge on any atom is 0.304 e. The maximum absolute atomic E-state index is 12.6. The molecule has 7 heteroatoms. The molecule has 1 N–H and O–H groups in total. The van der Waals surface area contributed by atoms with E-state index in [-0.39, 0.29) is 18.2 Å². The molecular formula is C30H40N4O3. The average molecular weight is 505 g/mol. The molecule has 0 radical (unpaired) electrons. The molecule has 1 saturated carbocycles. The molecule has 1 fully saturated rings. The van der Waals surface area contributed by atoms with E-state index >= 15 is 0 Å². The number of hydrogen-bond donors (Lipinski definition) is 1. The van der Waals surface area contributed by atoms with Crippen LogP contribution in [0.4, 0.5) is 0 Å². The molecule has 198 valence electrons. The van der Waals surface area contributed by atoms with Crippen molar-refractivity contribution < 1.29 is 14.7 Å². The second-order valence-corrected chi connectivity index (χ2v) is 10.9. The first-order chi connectivity index (χ1) is 17.7. The Morgan fingerprint density at radius 2 is 1.81 bits per heavy atom. The summed E-state index contributed by atoms with van der Waals surface area (Å²) in [6, 6.07) is 10.2. The Morgan fingerprint density at radius 1 is 1.11 bits per heavy atom. The molecule has 1 heterocycles. The van der Waals surface area contributed by atoms with Crippen LogP contribution in [0.25, 0.3) is 11.0 Å². The van der Waals surface area contributed by atoms with Crippen LogP contribution in [-0.4, -0.2) is 43.4 Å². The van der Waals surface area contributed by atoms with Gasteiger partial charge in [0.1, 0.15) is 5.52 Å². The molecule has 1 unspecified atom stereocenters. The van der Waals surface area contributed by atoms with E-state index in [4.69, 9.17) is 0 Å². The van der Waals surface area contributed by atoms with E-state index in [2.05, 4.69) is 36.3 Å². The molecule has 1 aromatic heterocycles. The molecule has 0 spiro atoms. The first-order valence-electron chi connectivity index (χ1n) is 13.5. The Bertz CT molecular complexity index is 1270. The molecule has 0 aliphatic heterocycles. The van der Waals surface area contributed by atoms with Crippen LogP contribution >= 0.6 is 0 Å². The lowest BCUT2D eigenvalue weighted by Gasteiger charge is -2.32. The lowest BCUT2D eigenvalue weighted by atomic mass is 9.80. The molecule has 2 aromatic carbocycles. The smallest absolute Gasteiger partial charge is 0.304 e. The number of aromatic nitrogens is 3. The van der Waals surface area contributed by atoms with Crippen molar-refractivity contribution in [1.29, 1.82) is 0 Å². The molecule has 1 aliphatic carbocycles. The molecule has 37 heavy (non-hydrogen) atoms. The number of hydrogen-bond acceptors (Lipinski definition) is 4. The summed E-state index contributed by atoms with van der Waals surface area (Å²) in [5.74, 6) is 0.304. The van der Waals surface area contributed by atoms with Crippen molar-refractivity contribution in [3.8, 4) is 0 Å². The number of amides is 1. The standard InChI is InChI=1S/C30H40N4O3/c1-6-22-8-10-23(11-9-22)17-34(21(4)35)18-25-15-24(12-7-19(25)2)27(16-29(36)37)26-13-14-28-30(20(26)3)31-32-33(28)5/h7,12-15,22-23,27H,6,8-11,16-18H2,1-5H3,(H,36,37). The topological polar surface area (TPSA) is 88.3 Å². The molecule has 3 aromatic rings. The summed E-state index contributed by atoms with van der Waals surface area (Å²) in [7, 11) is 1.85. The van der Waals surface area contributed by atoms with Crippen LogP contribution in [0.5, 0.6) is 0 Å². The zero-order chi connectivity index (χ0) is 26.7. The summed E-state index contributed by atoms with van der Waals surface area (Å²) in [5, 5.41) is 18.2. The number of carbonyl (C=O) groups is 2. The van der Waals surface area contributed by atoms with Crippen molar-refractivity contribution in [3.63, 3.8) is 0 Å². The molecule has 1 atom stereocenters. The van der Waals surface area contributed by atoms with Gasteiger partial charge in [-0.25, -0.2) is 4.68 Å². The number of aryl methyl sites for hydroxylation is 3. The summed E-state index contributed by atoms with van der Waals surface area (Å²) in [5.41, 5.74) is 6.74.